The van der Waals surface area contributed by atoms with Crippen molar-refractivity contribution in [2.24, 2.45) is 0 Å². The van der Waals surface area contributed by atoms with Crippen LogP contribution in [0.5, 0.6) is 0 Å². The fourth-order valence-electron chi connectivity index (χ4n) is 2.73. The topological polar surface area (TPSA) is 113 Å². The zero-order valence-corrected chi connectivity index (χ0v) is 18.0. The van der Waals surface area contributed by atoms with Crippen LogP contribution in [0.25, 0.3) is 0 Å². The van der Waals surface area contributed by atoms with Crippen molar-refractivity contribution in [2.75, 3.05) is 26.0 Å². The van der Waals surface area contributed by atoms with E-state index in [9.17, 15) is 22.8 Å². The summed E-state index contributed by atoms with van der Waals surface area (Å²) in [5.74, 6) is -1.97. The predicted molar refractivity (Wildman–Crippen MR) is 109 cm³/mol. The fraction of sp³-hybridized carbons (Fsp3) is 0.167. The average Bonchev–Trinajstić information content (AvgIpc) is 2.92. The van der Waals surface area contributed by atoms with Crippen molar-refractivity contribution < 1.29 is 27.6 Å². The number of carbonyl (C=O) groups excluding carboxylic acids is 3. The van der Waals surface area contributed by atoms with Gasteiger partial charge in [-0.1, -0.05) is 27.7 Å². The molecule has 0 spiro atoms. The van der Waals surface area contributed by atoms with Gasteiger partial charge in [0.05, 0.1) is 33.2 Å². The summed E-state index contributed by atoms with van der Waals surface area (Å²) in [6.07, 6.45) is 0. The van der Waals surface area contributed by atoms with Gasteiger partial charge in [-0.25, -0.2) is 8.42 Å². The molecule has 3 amide bonds. The molecule has 0 aliphatic carbocycles. The first-order valence-corrected chi connectivity index (χ1v) is 10.5. The molecule has 3 rings (SSSR count). The lowest BCUT2D eigenvalue weighted by atomic mass is 10.1. The number of carbonyl (C=O) groups is 3. The molecular formula is C18H15Cl2N3O6S. The molecule has 0 fully saturated rings. The number of nitrogens with zero attached hydrogens (tertiary/aromatic N) is 2. The van der Waals surface area contributed by atoms with Crippen molar-refractivity contribution in [3.63, 3.8) is 0 Å². The Labute approximate surface area is 182 Å². The molecule has 2 aromatic carbocycles. The number of imide groups is 1. The minimum atomic E-state index is -3.83. The number of hydrogen-bond acceptors (Lipinski definition) is 6. The highest BCUT2D eigenvalue weighted by Gasteiger charge is 2.37. The third-order valence-electron chi connectivity index (χ3n) is 4.34. The standard InChI is InChI=1S/C18H15Cl2N3O6S/c1-22(29-2)30(27,28)11-5-3-10(4-6-11)21-16(24)9-23-17(25)12-7-14(19)15(20)8-13(12)18(23)26/h3-8H,9H2,1-2H3,(H,21,24). The van der Waals surface area contributed by atoms with Crippen molar-refractivity contribution in [3.05, 3.63) is 57.6 Å². The van der Waals surface area contributed by atoms with Gasteiger partial charge in [0, 0.05) is 12.7 Å². The number of benzene rings is 2. The van der Waals surface area contributed by atoms with Crippen LogP contribution in [0.15, 0.2) is 41.3 Å². The monoisotopic (exact) mass is 471 g/mol. The van der Waals surface area contributed by atoms with E-state index in [0.717, 1.165) is 4.90 Å². The molecule has 0 unspecified atom stereocenters. The molecule has 0 atom stereocenters. The zero-order valence-electron chi connectivity index (χ0n) is 15.7. The van der Waals surface area contributed by atoms with Crippen LogP contribution in [0.3, 0.4) is 0 Å². The van der Waals surface area contributed by atoms with E-state index in [2.05, 4.69) is 10.2 Å². The third kappa shape index (κ3) is 4.05. The van der Waals surface area contributed by atoms with Crippen molar-refractivity contribution in [2.45, 2.75) is 4.90 Å². The SMILES string of the molecule is CON(C)S(=O)(=O)c1ccc(NC(=O)CN2C(=O)c3cc(Cl)c(Cl)cc3C2=O)cc1. The van der Waals surface area contributed by atoms with E-state index in [0.29, 0.717) is 4.47 Å². The Balaban J connectivity index is 1.71. The van der Waals surface area contributed by atoms with E-state index in [-0.39, 0.29) is 31.8 Å². The van der Waals surface area contributed by atoms with Gasteiger partial charge in [-0.05, 0) is 36.4 Å². The summed E-state index contributed by atoms with van der Waals surface area (Å²) in [6.45, 7) is -0.534. The number of halogens is 2. The Hall–Kier alpha value is -2.50. The first-order chi connectivity index (χ1) is 14.1. The molecule has 1 aliphatic rings. The minimum absolute atomic E-state index is 0.0426. The summed E-state index contributed by atoms with van der Waals surface area (Å²) in [5, 5.41) is 2.75. The molecule has 0 saturated heterocycles. The van der Waals surface area contributed by atoms with Crippen LogP contribution in [0.4, 0.5) is 5.69 Å². The second-order valence-corrected chi connectivity index (χ2v) is 8.93. The maximum Gasteiger partial charge on any atom is 0.264 e. The Morgan fingerprint density at radius 3 is 2.03 bits per heavy atom. The van der Waals surface area contributed by atoms with Gasteiger partial charge < -0.3 is 5.32 Å². The first-order valence-electron chi connectivity index (χ1n) is 8.34. The number of nitrogens with one attached hydrogen (secondary N) is 1. The van der Waals surface area contributed by atoms with Crippen LogP contribution in [-0.2, 0) is 19.7 Å². The van der Waals surface area contributed by atoms with Gasteiger partial charge in [-0.15, -0.1) is 0 Å². The lowest BCUT2D eigenvalue weighted by Gasteiger charge is -2.15. The molecule has 9 nitrogen and oxygen atoms in total. The summed E-state index contributed by atoms with van der Waals surface area (Å²) in [7, 11) is -1.37. The molecular weight excluding hydrogens is 457 g/mol. The minimum Gasteiger partial charge on any atom is -0.325 e. The maximum absolute atomic E-state index is 12.4. The van der Waals surface area contributed by atoms with Crippen LogP contribution < -0.4 is 5.32 Å². The lowest BCUT2D eigenvalue weighted by Crippen LogP contribution is -2.37. The number of sulfonamides is 1. The molecule has 1 heterocycles. The van der Waals surface area contributed by atoms with Crippen LogP contribution in [0.2, 0.25) is 10.0 Å². The Morgan fingerprint density at radius 2 is 1.57 bits per heavy atom. The highest BCUT2D eigenvalue weighted by molar-refractivity contribution is 7.89. The number of amides is 3. The van der Waals surface area contributed by atoms with Gasteiger partial charge in [-0.3, -0.25) is 24.1 Å². The highest BCUT2D eigenvalue weighted by atomic mass is 35.5. The van der Waals surface area contributed by atoms with Gasteiger partial charge in [0.15, 0.2) is 0 Å². The molecule has 1 N–H and O–H groups in total. The summed E-state index contributed by atoms with van der Waals surface area (Å²) < 4.78 is 25.0. The van der Waals surface area contributed by atoms with Crippen LogP contribution in [-0.4, -0.2) is 56.2 Å². The number of fused-ring (bicyclic) bond motifs is 1. The second kappa shape index (κ2) is 8.32. The highest BCUT2D eigenvalue weighted by Crippen LogP contribution is 2.31. The Bertz CT molecular complexity index is 1110. The maximum atomic E-state index is 12.4. The van der Waals surface area contributed by atoms with Crippen LogP contribution in [0.1, 0.15) is 20.7 Å². The summed E-state index contributed by atoms with van der Waals surface area (Å²) in [5.41, 5.74) is 0.416. The van der Waals surface area contributed by atoms with E-state index >= 15 is 0 Å². The third-order valence-corrected chi connectivity index (χ3v) is 6.76. The molecule has 0 aromatic heterocycles. The molecule has 1 aliphatic heterocycles. The first kappa shape index (κ1) is 22.2. The second-order valence-electron chi connectivity index (χ2n) is 6.18. The van der Waals surface area contributed by atoms with Gasteiger partial charge in [0.2, 0.25) is 5.91 Å². The summed E-state index contributed by atoms with van der Waals surface area (Å²) in [4.78, 5) is 42.6. The van der Waals surface area contributed by atoms with Crippen LogP contribution >= 0.6 is 23.2 Å². The normalized spacial score (nSPS) is 13.7. The number of rotatable bonds is 6. The van der Waals surface area contributed by atoms with Crippen molar-refractivity contribution in [1.29, 1.82) is 0 Å². The van der Waals surface area contributed by atoms with Gasteiger partial charge >= 0.3 is 0 Å². The molecule has 2 aromatic rings. The molecule has 0 radical (unpaired) electrons. The van der Waals surface area contributed by atoms with E-state index < -0.39 is 34.3 Å². The Morgan fingerprint density at radius 1 is 1.07 bits per heavy atom. The summed E-state index contributed by atoms with van der Waals surface area (Å²) in [6, 6.07) is 7.88. The molecule has 12 heteroatoms. The van der Waals surface area contributed by atoms with E-state index in [4.69, 9.17) is 23.2 Å². The van der Waals surface area contributed by atoms with Crippen molar-refractivity contribution in [3.8, 4) is 0 Å². The smallest absolute Gasteiger partial charge is 0.264 e. The van der Waals surface area contributed by atoms with E-state index in [1.807, 2.05) is 0 Å². The number of hydroxylamine groups is 1. The van der Waals surface area contributed by atoms with Crippen LogP contribution in [0, 0.1) is 0 Å². The quantitative estimate of drug-likeness (QED) is 0.511. The lowest BCUT2D eigenvalue weighted by molar-refractivity contribution is -0.116. The number of hydrogen-bond donors (Lipinski definition) is 1. The molecule has 0 saturated carbocycles. The van der Waals surface area contributed by atoms with Crippen molar-refractivity contribution in [1.82, 2.24) is 9.37 Å². The molecule has 0 bridgehead atoms. The van der Waals surface area contributed by atoms with Gasteiger partial charge in [-0.2, -0.15) is 0 Å². The average molecular weight is 472 g/mol. The Kier molecular flexibility index (Phi) is 6.16. The number of anilines is 1. The van der Waals surface area contributed by atoms with Gasteiger partial charge in [0.25, 0.3) is 21.8 Å². The largest absolute Gasteiger partial charge is 0.325 e. The molecule has 158 valence electrons. The molecule has 30 heavy (non-hydrogen) atoms. The predicted octanol–water partition coefficient (Wildman–Crippen LogP) is 2.41. The van der Waals surface area contributed by atoms with Crippen molar-refractivity contribution >= 4 is 56.6 Å². The van der Waals surface area contributed by atoms with Gasteiger partial charge in [0.1, 0.15) is 6.54 Å². The zero-order chi connectivity index (χ0) is 22.2. The van der Waals surface area contributed by atoms with E-state index in [1.54, 1.807) is 0 Å². The van der Waals surface area contributed by atoms with E-state index in [1.165, 1.54) is 50.6 Å². The fourth-order valence-corrected chi connectivity index (χ4v) is 4.03. The summed E-state index contributed by atoms with van der Waals surface area (Å²) >= 11 is 11.8.